The summed E-state index contributed by atoms with van der Waals surface area (Å²) >= 11 is 1.83. The molecule has 1 N–H and O–H groups in total. The van der Waals surface area contributed by atoms with E-state index in [1.54, 1.807) is 0 Å². The molecule has 0 aromatic heterocycles. The first-order chi connectivity index (χ1) is 6.08. The summed E-state index contributed by atoms with van der Waals surface area (Å²) in [6.07, 6.45) is 1.11. The molecule has 4 heteroatoms. The molecule has 3 nitrogen and oxygen atoms in total. The van der Waals surface area contributed by atoms with Crippen molar-refractivity contribution in [2.75, 3.05) is 19.4 Å². The van der Waals surface area contributed by atoms with Gasteiger partial charge < -0.3 is 10.1 Å². The number of hydrogen-bond donors (Lipinski definition) is 1. The third-order valence-corrected chi connectivity index (χ3v) is 3.75. The first-order valence-corrected chi connectivity index (χ1v) is 5.51. The first kappa shape index (κ1) is 10.9. The highest BCUT2D eigenvalue weighted by Gasteiger charge is 2.37. The van der Waals surface area contributed by atoms with Gasteiger partial charge in [-0.3, -0.25) is 4.79 Å². The average molecular weight is 203 g/mol. The number of esters is 1. The normalized spacial score (nSPS) is 27.8. The Hall–Kier alpha value is -0.220. The van der Waals surface area contributed by atoms with E-state index < -0.39 is 0 Å². The lowest BCUT2D eigenvalue weighted by Gasteiger charge is -2.29. The van der Waals surface area contributed by atoms with Crippen molar-refractivity contribution in [1.29, 1.82) is 0 Å². The van der Waals surface area contributed by atoms with Crippen molar-refractivity contribution in [3.05, 3.63) is 0 Å². The molecule has 0 aromatic rings. The number of rotatable bonds is 1. The number of nitrogens with one attached hydrogen (secondary N) is 1. The lowest BCUT2D eigenvalue weighted by Crippen LogP contribution is -2.49. The Kier molecular flexibility index (Phi) is 3.62. The third kappa shape index (κ3) is 2.61. The maximum absolute atomic E-state index is 11.4. The smallest absolute Gasteiger partial charge is 0.324 e. The standard InChI is InChI=1S/C9H17NO2S/c1-9(2)7(8(11)12-3)10-5-4-6-13-9/h7,10H,4-6H2,1-3H3/t7-/m0/s1. The summed E-state index contributed by atoms with van der Waals surface area (Å²) in [5, 5.41) is 3.23. The topological polar surface area (TPSA) is 38.3 Å². The number of carbonyl (C=O) groups excluding carboxylic acids is 1. The van der Waals surface area contributed by atoms with E-state index >= 15 is 0 Å². The average Bonchev–Trinajstić information content (AvgIpc) is 2.25. The van der Waals surface area contributed by atoms with Gasteiger partial charge in [0.2, 0.25) is 0 Å². The summed E-state index contributed by atoms with van der Waals surface area (Å²) in [5.41, 5.74) is 0. The van der Waals surface area contributed by atoms with E-state index in [0.717, 1.165) is 18.7 Å². The van der Waals surface area contributed by atoms with E-state index in [1.807, 2.05) is 11.8 Å². The Morgan fingerprint density at radius 1 is 1.62 bits per heavy atom. The monoisotopic (exact) mass is 203 g/mol. The van der Waals surface area contributed by atoms with Crippen LogP contribution in [0.4, 0.5) is 0 Å². The number of carbonyl (C=O) groups is 1. The zero-order chi connectivity index (χ0) is 9.90. The van der Waals surface area contributed by atoms with Gasteiger partial charge in [-0.2, -0.15) is 11.8 Å². The largest absolute Gasteiger partial charge is 0.468 e. The van der Waals surface area contributed by atoms with E-state index in [1.165, 1.54) is 7.11 Å². The minimum absolute atomic E-state index is 0.0659. The molecule has 1 saturated heterocycles. The van der Waals surface area contributed by atoms with Gasteiger partial charge in [-0.25, -0.2) is 0 Å². The van der Waals surface area contributed by atoms with Crippen molar-refractivity contribution in [3.8, 4) is 0 Å². The van der Waals surface area contributed by atoms with Crippen molar-refractivity contribution >= 4 is 17.7 Å². The Morgan fingerprint density at radius 3 is 2.92 bits per heavy atom. The molecule has 1 atom stereocenters. The van der Waals surface area contributed by atoms with E-state index in [2.05, 4.69) is 19.2 Å². The summed E-state index contributed by atoms with van der Waals surface area (Å²) in [6.45, 7) is 5.06. The minimum atomic E-state index is -0.176. The molecule has 0 spiro atoms. The molecule has 13 heavy (non-hydrogen) atoms. The van der Waals surface area contributed by atoms with E-state index in [4.69, 9.17) is 4.74 Å². The molecule has 76 valence electrons. The number of thioether (sulfide) groups is 1. The van der Waals surface area contributed by atoms with Gasteiger partial charge in [0.25, 0.3) is 0 Å². The van der Waals surface area contributed by atoms with Crippen molar-refractivity contribution in [1.82, 2.24) is 5.32 Å². The van der Waals surface area contributed by atoms with Gasteiger partial charge in [-0.15, -0.1) is 0 Å². The molecule has 1 aliphatic rings. The van der Waals surface area contributed by atoms with Crippen LogP contribution in [0.1, 0.15) is 20.3 Å². The van der Waals surface area contributed by atoms with Crippen LogP contribution in [0.2, 0.25) is 0 Å². The molecule has 1 heterocycles. The highest BCUT2D eigenvalue weighted by molar-refractivity contribution is 8.00. The van der Waals surface area contributed by atoms with Gasteiger partial charge in [0.05, 0.1) is 7.11 Å². The van der Waals surface area contributed by atoms with Crippen molar-refractivity contribution < 1.29 is 9.53 Å². The van der Waals surface area contributed by atoms with Crippen LogP contribution in [0.15, 0.2) is 0 Å². The molecule has 1 fully saturated rings. The second-order valence-electron chi connectivity index (χ2n) is 3.72. The van der Waals surface area contributed by atoms with Crippen molar-refractivity contribution in [3.63, 3.8) is 0 Å². The van der Waals surface area contributed by atoms with Crippen LogP contribution in [0.25, 0.3) is 0 Å². The molecular formula is C9H17NO2S. The Morgan fingerprint density at radius 2 is 2.31 bits per heavy atom. The molecule has 1 rings (SSSR count). The molecular weight excluding hydrogens is 186 g/mol. The van der Waals surface area contributed by atoms with Gasteiger partial charge in [0.15, 0.2) is 0 Å². The molecule has 0 radical (unpaired) electrons. The lowest BCUT2D eigenvalue weighted by atomic mass is 10.0. The van der Waals surface area contributed by atoms with Crippen molar-refractivity contribution in [2.24, 2.45) is 0 Å². The fraction of sp³-hybridized carbons (Fsp3) is 0.889. The van der Waals surface area contributed by atoms with Gasteiger partial charge in [0.1, 0.15) is 6.04 Å². The third-order valence-electron chi connectivity index (χ3n) is 2.28. The molecule has 1 aliphatic heterocycles. The summed E-state index contributed by atoms with van der Waals surface area (Å²) in [6, 6.07) is -0.176. The van der Waals surface area contributed by atoms with Crippen LogP contribution in [0.3, 0.4) is 0 Å². The van der Waals surface area contributed by atoms with Crippen LogP contribution in [-0.2, 0) is 9.53 Å². The summed E-state index contributed by atoms with van der Waals surface area (Å²) in [4.78, 5) is 11.4. The summed E-state index contributed by atoms with van der Waals surface area (Å²) in [5.74, 6) is 0.951. The molecule has 0 saturated carbocycles. The second kappa shape index (κ2) is 4.33. The summed E-state index contributed by atoms with van der Waals surface area (Å²) < 4.78 is 4.70. The first-order valence-electron chi connectivity index (χ1n) is 4.53. The zero-order valence-corrected chi connectivity index (χ0v) is 9.24. The fourth-order valence-electron chi connectivity index (χ4n) is 1.47. The molecule has 0 aliphatic carbocycles. The van der Waals surface area contributed by atoms with Crippen LogP contribution >= 0.6 is 11.8 Å². The van der Waals surface area contributed by atoms with Gasteiger partial charge in [0, 0.05) is 4.75 Å². The van der Waals surface area contributed by atoms with E-state index in [-0.39, 0.29) is 16.8 Å². The van der Waals surface area contributed by atoms with Crippen LogP contribution in [0, 0.1) is 0 Å². The Balaban J connectivity index is 2.71. The number of methoxy groups -OCH3 is 1. The van der Waals surface area contributed by atoms with Crippen LogP contribution < -0.4 is 5.32 Å². The molecule has 0 unspecified atom stereocenters. The Labute approximate surface area is 83.6 Å². The molecule has 0 amide bonds. The quantitative estimate of drug-likeness (QED) is 0.646. The SMILES string of the molecule is COC(=O)[C@@H]1NCCCSC1(C)C. The lowest BCUT2D eigenvalue weighted by molar-refractivity contribution is -0.143. The van der Waals surface area contributed by atoms with Gasteiger partial charge in [-0.05, 0) is 32.6 Å². The summed E-state index contributed by atoms with van der Waals surface area (Å²) in [7, 11) is 1.44. The van der Waals surface area contributed by atoms with Crippen molar-refractivity contribution in [2.45, 2.75) is 31.1 Å². The highest BCUT2D eigenvalue weighted by atomic mass is 32.2. The van der Waals surface area contributed by atoms with E-state index in [9.17, 15) is 4.79 Å². The Bertz CT molecular complexity index is 194. The molecule has 0 aromatic carbocycles. The zero-order valence-electron chi connectivity index (χ0n) is 8.42. The van der Waals surface area contributed by atoms with Crippen LogP contribution in [-0.4, -0.2) is 36.2 Å². The predicted molar refractivity (Wildman–Crippen MR) is 55.0 cm³/mol. The minimum Gasteiger partial charge on any atom is -0.468 e. The number of ether oxygens (including phenoxy) is 1. The molecule has 0 bridgehead atoms. The van der Waals surface area contributed by atoms with Crippen LogP contribution in [0.5, 0.6) is 0 Å². The van der Waals surface area contributed by atoms with Gasteiger partial charge >= 0.3 is 5.97 Å². The maximum atomic E-state index is 11.4. The highest BCUT2D eigenvalue weighted by Crippen LogP contribution is 2.31. The number of hydrogen-bond acceptors (Lipinski definition) is 4. The van der Waals surface area contributed by atoms with E-state index in [0.29, 0.717) is 0 Å². The van der Waals surface area contributed by atoms with Gasteiger partial charge in [-0.1, -0.05) is 0 Å². The maximum Gasteiger partial charge on any atom is 0.324 e. The second-order valence-corrected chi connectivity index (χ2v) is 5.46. The fourth-order valence-corrected chi connectivity index (χ4v) is 2.63. The predicted octanol–water partition coefficient (Wildman–Crippen LogP) is 1.03.